The second-order valence-corrected chi connectivity index (χ2v) is 8.58. The molecule has 1 aliphatic rings. The fraction of sp³-hybridized carbons (Fsp3) is 0.350. The van der Waals surface area contributed by atoms with Gasteiger partial charge in [0, 0.05) is 32.4 Å². The molecule has 5 rings (SSSR count). The molecule has 0 N–H and O–H groups in total. The highest BCUT2D eigenvalue weighted by molar-refractivity contribution is 7.16. The number of rotatable bonds is 2. The third kappa shape index (κ3) is 3.17. The van der Waals surface area contributed by atoms with E-state index in [1.54, 1.807) is 28.2 Å². The van der Waals surface area contributed by atoms with E-state index in [1.807, 2.05) is 6.92 Å². The van der Waals surface area contributed by atoms with Crippen LogP contribution in [-0.4, -0.2) is 46.9 Å². The minimum Gasteiger partial charge on any atom is -0.330 e. The number of aromatic nitrogens is 6. The van der Waals surface area contributed by atoms with Crippen LogP contribution in [-0.2, 0) is 26.7 Å². The second kappa shape index (κ2) is 7.12. The topological polar surface area (TPSA) is 81.7 Å². The fourth-order valence-electron chi connectivity index (χ4n) is 4.23. The number of hydrogen-bond donors (Lipinski definition) is 0. The first kappa shape index (κ1) is 20.6. The van der Waals surface area contributed by atoms with Gasteiger partial charge in [0.25, 0.3) is 5.91 Å². The summed E-state index contributed by atoms with van der Waals surface area (Å²) >= 11 is 1.41. The molecule has 0 bridgehead atoms. The molecular formula is C20H18F3N7OS. The molecule has 0 radical (unpaired) electrons. The van der Waals surface area contributed by atoms with Crippen molar-refractivity contribution in [3.63, 3.8) is 0 Å². The summed E-state index contributed by atoms with van der Waals surface area (Å²) in [4.78, 5) is 23.3. The van der Waals surface area contributed by atoms with Gasteiger partial charge in [0.2, 0.25) is 0 Å². The van der Waals surface area contributed by atoms with Gasteiger partial charge in [0.05, 0.1) is 33.2 Å². The SMILES string of the molecule is C[C@H]1c2nn(C)c(-c3cc(C(F)(F)F)n(C)n3)c2CCN1C(=O)c1cnc2ncsc2c1. The normalized spacial score (nSPS) is 16.6. The van der Waals surface area contributed by atoms with Gasteiger partial charge >= 0.3 is 6.18 Å². The van der Waals surface area contributed by atoms with Crippen LogP contribution >= 0.6 is 11.3 Å². The Bertz CT molecular complexity index is 1350. The van der Waals surface area contributed by atoms with Crippen LogP contribution in [0.1, 0.15) is 40.3 Å². The van der Waals surface area contributed by atoms with Crippen LogP contribution in [0, 0.1) is 0 Å². The average molecular weight is 461 g/mol. The molecule has 12 heteroatoms. The third-order valence-electron chi connectivity index (χ3n) is 5.75. The van der Waals surface area contributed by atoms with Crippen molar-refractivity contribution in [1.82, 2.24) is 34.4 Å². The van der Waals surface area contributed by atoms with Gasteiger partial charge in [-0.25, -0.2) is 9.97 Å². The van der Waals surface area contributed by atoms with Gasteiger partial charge in [-0.2, -0.15) is 23.4 Å². The number of aryl methyl sites for hydroxylation is 2. The lowest BCUT2D eigenvalue weighted by Gasteiger charge is -2.32. The van der Waals surface area contributed by atoms with E-state index in [9.17, 15) is 18.0 Å². The number of nitrogens with zero attached hydrogens (tertiary/aromatic N) is 7. The first-order valence-corrected chi connectivity index (χ1v) is 10.7. The summed E-state index contributed by atoms with van der Waals surface area (Å²) in [5.74, 6) is -0.171. The number of pyridine rings is 1. The number of thiazole rings is 1. The van der Waals surface area contributed by atoms with Crippen molar-refractivity contribution in [2.24, 2.45) is 14.1 Å². The first-order chi connectivity index (χ1) is 15.1. The van der Waals surface area contributed by atoms with Crippen molar-refractivity contribution < 1.29 is 18.0 Å². The zero-order valence-corrected chi connectivity index (χ0v) is 18.2. The zero-order chi connectivity index (χ0) is 22.8. The van der Waals surface area contributed by atoms with Crippen molar-refractivity contribution in [1.29, 1.82) is 0 Å². The summed E-state index contributed by atoms with van der Waals surface area (Å²) in [5.41, 5.74) is 4.14. The Morgan fingerprint density at radius 1 is 1.16 bits per heavy atom. The van der Waals surface area contributed by atoms with Crippen LogP contribution in [0.5, 0.6) is 0 Å². The van der Waals surface area contributed by atoms with E-state index in [-0.39, 0.29) is 17.6 Å². The van der Waals surface area contributed by atoms with Crippen molar-refractivity contribution in [3.05, 3.63) is 46.4 Å². The summed E-state index contributed by atoms with van der Waals surface area (Å²) in [6.45, 7) is 2.27. The molecule has 4 aromatic rings. The van der Waals surface area contributed by atoms with Crippen molar-refractivity contribution in [2.75, 3.05) is 6.54 Å². The Morgan fingerprint density at radius 3 is 2.66 bits per heavy atom. The number of alkyl halides is 3. The highest BCUT2D eigenvalue weighted by atomic mass is 32.1. The molecule has 8 nitrogen and oxygen atoms in total. The second-order valence-electron chi connectivity index (χ2n) is 7.69. The Morgan fingerprint density at radius 2 is 1.94 bits per heavy atom. The van der Waals surface area contributed by atoms with E-state index in [0.717, 1.165) is 21.0 Å². The summed E-state index contributed by atoms with van der Waals surface area (Å²) < 4.78 is 43.0. The maximum atomic E-state index is 13.2. The molecule has 32 heavy (non-hydrogen) atoms. The molecule has 1 atom stereocenters. The number of amides is 1. The number of halogens is 3. The minimum absolute atomic E-state index is 0.171. The van der Waals surface area contributed by atoms with E-state index in [4.69, 9.17) is 0 Å². The molecule has 5 heterocycles. The van der Waals surface area contributed by atoms with Gasteiger partial charge in [-0.05, 0) is 25.5 Å². The molecule has 0 saturated heterocycles. The lowest BCUT2D eigenvalue weighted by atomic mass is 9.96. The van der Waals surface area contributed by atoms with E-state index < -0.39 is 11.9 Å². The maximum Gasteiger partial charge on any atom is 0.433 e. The van der Waals surface area contributed by atoms with Gasteiger partial charge in [0.15, 0.2) is 5.65 Å². The molecule has 166 valence electrons. The fourth-order valence-corrected chi connectivity index (χ4v) is 4.90. The smallest absolute Gasteiger partial charge is 0.330 e. The number of carbonyl (C=O) groups is 1. The van der Waals surface area contributed by atoms with Crippen molar-refractivity contribution in [3.8, 4) is 11.4 Å². The monoisotopic (exact) mass is 461 g/mol. The maximum absolute atomic E-state index is 13.2. The van der Waals surface area contributed by atoms with Crippen molar-refractivity contribution >= 4 is 27.6 Å². The van der Waals surface area contributed by atoms with Crippen LogP contribution in [0.2, 0.25) is 0 Å². The quantitative estimate of drug-likeness (QED) is 0.456. The van der Waals surface area contributed by atoms with E-state index in [2.05, 4.69) is 20.2 Å². The summed E-state index contributed by atoms with van der Waals surface area (Å²) in [6.07, 6.45) is -2.52. The molecule has 0 unspecified atom stereocenters. The van der Waals surface area contributed by atoms with E-state index in [0.29, 0.717) is 35.6 Å². The van der Waals surface area contributed by atoms with E-state index >= 15 is 0 Å². The standard InChI is InChI=1S/C20H18F3N7OS/c1-10-16-12(17(29(3)27-16)13-7-15(20(21,22)23)28(2)26-13)4-5-30(10)19(31)11-6-14-18(24-8-11)25-9-32-14/h6-10H,4-5H2,1-3H3/t10-/m0/s1. The molecule has 0 aromatic carbocycles. The zero-order valence-electron chi connectivity index (χ0n) is 17.4. The number of carbonyl (C=O) groups excluding carboxylic acids is 1. The Hall–Kier alpha value is -3.28. The van der Waals surface area contributed by atoms with Gasteiger partial charge in [-0.15, -0.1) is 11.3 Å². The van der Waals surface area contributed by atoms with Crippen LogP contribution in [0.15, 0.2) is 23.8 Å². The highest BCUT2D eigenvalue weighted by Crippen LogP contribution is 2.38. The Balaban J connectivity index is 1.49. The van der Waals surface area contributed by atoms with Gasteiger partial charge < -0.3 is 4.90 Å². The van der Waals surface area contributed by atoms with Gasteiger partial charge in [0.1, 0.15) is 11.4 Å². The minimum atomic E-state index is -4.50. The van der Waals surface area contributed by atoms with E-state index in [1.165, 1.54) is 24.6 Å². The van der Waals surface area contributed by atoms with Crippen LogP contribution in [0.4, 0.5) is 13.2 Å². The number of fused-ring (bicyclic) bond motifs is 2. The largest absolute Gasteiger partial charge is 0.433 e. The summed E-state index contributed by atoms with van der Waals surface area (Å²) in [6, 6.07) is 2.46. The molecule has 4 aromatic heterocycles. The molecule has 0 spiro atoms. The predicted octanol–water partition coefficient (Wildman–Crippen LogP) is 3.60. The molecule has 0 fully saturated rings. The van der Waals surface area contributed by atoms with Gasteiger partial charge in [-0.3, -0.25) is 14.2 Å². The first-order valence-electron chi connectivity index (χ1n) is 9.82. The van der Waals surface area contributed by atoms with Crippen LogP contribution in [0.25, 0.3) is 21.7 Å². The van der Waals surface area contributed by atoms with Crippen LogP contribution < -0.4 is 0 Å². The Labute approximate surface area is 184 Å². The van der Waals surface area contributed by atoms with Crippen LogP contribution in [0.3, 0.4) is 0 Å². The highest BCUT2D eigenvalue weighted by Gasteiger charge is 2.37. The van der Waals surface area contributed by atoms with Gasteiger partial charge in [-0.1, -0.05) is 0 Å². The molecule has 0 saturated carbocycles. The third-order valence-corrected chi connectivity index (χ3v) is 6.52. The summed E-state index contributed by atoms with van der Waals surface area (Å²) in [7, 11) is 2.95. The molecular weight excluding hydrogens is 443 g/mol. The lowest BCUT2D eigenvalue weighted by Crippen LogP contribution is -2.39. The number of hydrogen-bond acceptors (Lipinski definition) is 6. The molecule has 1 amide bonds. The van der Waals surface area contributed by atoms with Crippen molar-refractivity contribution in [2.45, 2.75) is 25.6 Å². The molecule has 1 aliphatic heterocycles. The predicted molar refractivity (Wildman–Crippen MR) is 111 cm³/mol. The lowest BCUT2D eigenvalue weighted by molar-refractivity contribution is -0.143. The summed E-state index contributed by atoms with van der Waals surface area (Å²) in [5, 5.41) is 8.63. The average Bonchev–Trinajstić information content (AvgIpc) is 3.43. The Kier molecular flexibility index (Phi) is 4.59. The molecule has 0 aliphatic carbocycles.